The van der Waals surface area contributed by atoms with E-state index < -0.39 is 0 Å². The first-order chi connectivity index (χ1) is 7.42. The second kappa shape index (κ2) is 5.16. The van der Waals surface area contributed by atoms with Crippen molar-refractivity contribution in [2.45, 2.75) is 0 Å². The van der Waals surface area contributed by atoms with Gasteiger partial charge in [0.25, 0.3) is 0 Å². The van der Waals surface area contributed by atoms with Gasteiger partial charge in [-0.1, -0.05) is 0 Å². The van der Waals surface area contributed by atoms with Gasteiger partial charge in [-0.05, 0) is 0 Å². The Morgan fingerprint density at radius 2 is 1.13 bits per heavy atom. The van der Waals surface area contributed by atoms with E-state index in [1.54, 1.807) is 0 Å². The molecular weight excluding hydrogens is 297 g/mol. The normalized spacial score (nSPS) is 10.2. The Balaban J connectivity index is 2.34. The van der Waals surface area contributed by atoms with E-state index >= 15 is 0 Å². The fourth-order valence-electron chi connectivity index (χ4n) is 1.46. The van der Waals surface area contributed by atoms with E-state index in [1.807, 2.05) is 0 Å². The van der Waals surface area contributed by atoms with Crippen LogP contribution in [0.2, 0.25) is 0 Å². The van der Waals surface area contributed by atoms with Crippen LogP contribution in [-0.4, -0.2) is 4.93 Å². The number of rotatable bonds is 3. The number of nitrogens with zero attached hydrogens (tertiary/aromatic N) is 1. The molecule has 0 saturated heterocycles. The first kappa shape index (κ1) is 10.5. The maximum atomic E-state index is 2.40. The molecule has 1 nitrogen and oxygen atoms in total. The molecule has 0 heterocycles. The quantitative estimate of drug-likeness (QED) is 0.452. The topological polar surface area (TPSA) is 3.24 Å². The van der Waals surface area contributed by atoms with Crippen molar-refractivity contribution >= 4 is 11.4 Å². The van der Waals surface area contributed by atoms with Crippen molar-refractivity contribution in [3.63, 3.8) is 0 Å². The average molecular weight is 310 g/mol. The SMILES string of the molecule is C[I-]N(c1ccccc1)c1ccccc1. The van der Waals surface area contributed by atoms with Crippen LogP contribution in [0.25, 0.3) is 0 Å². The first-order valence-electron chi connectivity index (χ1n) is 4.82. The van der Waals surface area contributed by atoms with Crippen LogP contribution in [0, 0.1) is 0 Å². The third-order valence-electron chi connectivity index (χ3n) is 2.13. The number of benzene rings is 2. The van der Waals surface area contributed by atoms with Gasteiger partial charge in [-0.25, -0.2) is 0 Å². The van der Waals surface area contributed by atoms with E-state index in [4.69, 9.17) is 0 Å². The van der Waals surface area contributed by atoms with Crippen LogP contribution in [0.5, 0.6) is 0 Å². The van der Waals surface area contributed by atoms with E-state index in [0.29, 0.717) is 0 Å². The summed E-state index contributed by atoms with van der Waals surface area (Å²) in [5, 5.41) is 0. The van der Waals surface area contributed by atoms with Crippen LogP contribution in [-0.2, 0) is 0 Å². The fraction of sp³-hybridized carbons (Fsp3) is 0.0769. The zero-order chi connectivity index (χ0) is 10.5. The second-order valence-electron chi connectivity index (χ2n) is 3.12. The van der Waals surface area contributed by atoms with Crippen LogP contribution in [0.3, 0.4) is 0 Å². The molecule has 0 aromatic heterocycles. The number of anilines is 2. The minimum absolute atomic E-state index is 0.0176. The molecule has 0 radical (unpaired) electrons. The van der Waals surface area contributed by atoms with Crippen LogP contribution in [0.1, 0.15) is 0 Å². The van der Waals surface area contributed by atoms with Gasteiger partial charge >= 0.3 is 102 Å². The van der Waals surface area contributed by atoms with Crippen LogP contribution < -0.4 is 24.6 Å². The molecule has 0 atom stereocenters. The van der Waals surface area contributed by atoms with E-state index in [2.05, 4.69) is 68.7 Å². The molecule has 2 aromatic rings. The summed E-state index contributed by atoms with van der Waals surface area (Å²) in [7, 11) is 0. The molecule has 0 amide bonds. The first-order valence-corrected chi connectivity index (χ1v) is 7.94. The van der Waals surface area contributed by atoms with Gasteiger partial charge < -0.3 is 0 Å². The zero-order valence-corrected chi connectivity index (χ0v) is 10.8. The molecule has 0 fully saturated rings. The molecule has 78 valence electrons. The van der Waals surface area contributed by atoms with E-state index in [0.717, 1.165) is 0 Å². The Labute approximate surface area is 101 Å². The number of alkyl halides is 1. The Morgan fingerprint density at radius 1 is 0.733 bits per heavy atom. The van der Waals surface area contributed by atoms with Crippen molar-refractivity contribution in [1.29, 1.82) is 0 Å². The van der Waals surface area contributed by atoms with Gasteiger partial charge in [0.05, 0.1) is 0 Å². The van der Waals surface area contributed by atoms with E-state index in [9.17, 15) is 0 Å². The van der Waals surface area contributed by atoms with Crippen molar-refractivity contribution in [1.82, 2.24) is 0 Å². The van der Waals surface area contributed by atoms with E-state index in [-0.39, 0.29) is 21.5 Å². The Hall–Kier alpha value is -1.03. The van der Waals surface area contributed by atoms with Gasteiger partial charge in [-0.2, -0.15) is 0 Å². The molecule has 2 aromatic carbocycles. The fourth-order valence-corrected chi connectivity index (χ4v) is 3.22. The predicted octanol–water partition coefficient (Wildman–Crippen LogP) is 0.459. The van der Waals surface area contributed by atoms with Gasteiger partial charge in [-0.3, -0.25) is 0 Å². The van der Waals surface area contributed by atoms with Crippen LogP contribution in [0.15, 0.2) is 60.7 Å². The summed E-state index contributed by atoms with van der Waals surface area (Å²) in [5.74, 6) is 0. The standard InChI is InChI=1S/C13H13IN/c1-14-15(12-8-4-2-5-9-12)13-10-6-3-7-11-13/h2-11H,1H3/q-1. The van der Waals surface area contributed by atoms with Gasteiger partial charge in [0, 0.05) is 0 Å². The third-order valence-corrected chi connectivity index (χ3v) is 4.21. The molecular formula is C13H13IN-. The molecule has 0 N–H and O–H groups in total. The van der Waals surface area contributed by atoms with Crippen molar-refractivity contribution in [2.24, 2.45) is 0 Å². The van der Waals surface area contributed by atoms with Gasteiger partial charge in [0.2, 0.25) is 0 Å². The number of para-hydroxylation sites is 2. The average Bonchev–Trinajstić information content (AvgIpc) is 2.33. The summed E-state index contributed by atoms with van der Waals surface area (Å²) in [6, 6.07) is 21.1. The zero-order valence-electron chi connectivity index (χ0n) is 8.60. The third kappa shape index (κ3) is 2.50. The van der Waals surface area contributed by atoms with Crippen molar-refractivity contribution in [3.8, 4) is 0 Å². The summed E-state index contributed by atoms with van der Waals surface area (Å²) < 4.78 is 2.40. The summed E-state index contributed by atoms with van der Waals surface area (Å²) in [6.07, 6.45) is 0. The maximum absolute atomic E-state index is 2.40. The molecule has 0 aliphatic rings. The Morgan fingerprint density at radius 3 is 1.47 bits per heavy atom. The van der Waals surface area contributed by atoms with Crippen molar-refractivity contribution in [2.75, 3.05) is 8.04 Å². The predicted molar refractivity (Wildman–Crippen MR) is 60.9 cm³/mol. The molecule has 0 bridgehead atoms. The summed E-state index contributed by atoms with van der Waals surface area (Å²) >= 11 is 0.0176. The summed E-state index contributed by atoms with van der Waals surface area (Å²) in [4.78, 5) is 2.28. The molecule has 0 aliphatic heterocycles. The molecule has 0 spiro atoms. The Kier molecular flexibility index (Phi) is 3.61. The van der Waals surface area contributed by atoms with Crippen LogP contribution >= 0.6 is 0 Å². The van der Waals surface area contributed by atoms with Crippen molar-refractivity contribution in [3.05, 3.63) is 60.7 Å². The number of hydrogen-bond donors (Lipinski definition) is 0. The summed E-state index contributed by atoms with van der Waals surface area (Å²) in [5.41, 5.74) is 2.58. The molecule has 15 heavy (non-hydrogen) atoms. The van der Waals surface area contributed by atoms with Gasteiger partial charge in [0.1, 0.15) is 0 Å². The monoisotopic (exact) mass is 310 g/mol. The molecule has 2 heteroatoms. The molecule has 0 saturated carbocycles. The van der Waals surface area contributed by atoms with Gasteiger partial charge in [0.15, 0.2) is 0 Å². The molecule has 0 aliphatic carbocycles. The minimum atomic E-state index is 0.0176. The Bertz CT molecular complexity index is 360. The second-order valence-corrected chi connectivity index (χ2v) is 5.05. The molecule has 0 unspecified atom stereocenters. The summed E-state index contributed by atoms with van der Waals surface area (Å²) in [6.45, 7) is 0. The van der Waals surface area contributed by atoms with E-state index in [1.165, 1.54) is 11.4 Å². The number of hydrogen-bond acceptors (Lipinski definition) is 1. The number of halogens is 1. The van der Waals surface area contributed by atoms with Crippen LogP contribution in [0.4, 0.5) is 11.4 Å². The molecule has 2 rings (SSSR count). The van der Waals surface area contributed by atoms with Gasteiger partial charge in [-0.15, -0.1) is 0 Å². The van der Waals surface area contributed by atoms with Crippen molar-refractivity contribution < 1.29 is 21.5 Å².